The average molecular weight is 278 g/mol. The molecule has 0 aliphatic rings. The zero-order chi connectivity index (χ0) is 13.8. The molecular formula is C15H16ClNO2. The van der Waals surface area contributed by atoms with Crippen LogP contribution in [0, 0.1) is 6.92 Å². The molecule has 0 heterocycles. The van der Waals surface area contributed by atoms with Gasteiger partial charge in [0.25, 0.3) is 0 Å². The molecule has 0 bridgehead atoms. The molecule has 2 aromatic rings. The summed E-state index contributed by atoms with van der Waals surface area (Å²) < 4.78 is 11.3. The molecule has 100 valence electrons. The van der Waals surface area contributed by atoms with Crippen LogP contribution in [0.4, 0.5) is 5.69 Å². The zero-order valence-corrected chi connectivity index (χ0v) is 11.7. The van der Waals surface area contributed by atoms with Crippen molar-refractivity contribution in [2.45, 2.75) is 13.8 Å². The van der Waals surface area contributed by atoms with E-state index in [0.717, 1.165) is 5.56 Å². The van der Waals surface area contributed by atoms with Crippen molar-refractivity contribution >= 4 is 17.3 Å². The first-order valence-corrected chi connectivity index (χ1v) is 6.45. The number of hydrogen-bond donors (Lipinski definition) is 1. The van der Waals surface area contributed by atoms with E-state index in [-0.39, 0.29) is 0 Å². The van der Waals surface area contributed by atoms with Gasteiger partial charge in [-0.2, -0.15) is 0 Å². The lowest BCUT2D eigenvalue weighted by Gasteiger charge is -2.13. The summed E-state index contributed by atoms with van der Waals surface area (Å²) in [6.45, 7) is 4.42. The minimum atomic E-state index is 0.490. The molecule has 0 aliphatic heterocycles. The second kappa shape index (κ2) is 5.85. The molecule has 2 N–H and O–H groups in total. The molecular weight excluding hydrogens is 262 g/mol. The van der Waals surface area contributed by atoms with E-state index >= 15 is 0 Å². The minimum Gasteiger partial charge on any atom is -0.492 e. The molecule has 4 heteroatoms. The van der Waals surface area contributed by atoms with Crippen molar-refractivity contribution in [1.82, 2.24) is 0 Å². The van der Waals surface area contributed by atoms with Crippen LogP contribution in [0.3, 0.4) is 0 Å². The summed E-state index contributed by atoms with van der Waals surface area (Å²) in [4.78, 5) is 0. The van der Waals surface area contributed by atoms with E-state index in [1.165, 1.54) is 0 Å². The number of ether oxygens (including phenoxy) is 2. The van der Waals surface area contributed by atoms with Crippen molar-refractivity contribution in [1.29, 1.82) is 0 Å². The third-order valence-electron chi connectivity index (χ3n) is 2.70. The van der Waals surface area contributed by atoms with Crippen LogP contribution in [0.15, 0.2) is 36.4 Å². The highest BCUT2D eigenvalue weighted by molar-refractivity contribution is 6.30. The summed E-state index contributed by atoms with van der Waals surface area (Å²) >= 11 is 5.97. The highest BCUT2D eigenvalue weighted by atomic mass is 35.5. The van der Waals surface area contributed by atoms with Crippen molar-refractivity contribution < 1.29 is 9.47 Å². The van der Waals surface area contributed by atoms with Crippen molar-refractivity contribution in [3.63, 3.8) is 0 Å². The van der Waals surface area contributed by atoms with Crippen LogP contribution in [0.25, 0.3) is 0 Å². The Morgan fingerprint density at radius 3 is 2.58 bits per heavy atom. The Bertz CT molecular complexity index is 584. The fourth-order valence-corrected chi connectivity index (χ4v) is 1.86. The number of nitrogens with two attached hydrogens (primary N) is 1. The third kappa shape index (κ3) is 3.12. The Labute approximate surface area is 117 Å². The lowest BCUT2D eigenvalue weighted by atomic mass is 10.2. The highest BCUT2D eigenvalue weighted by Gasteiger charge is 2.09. The first-order chi connectivity index (χ1) is 9.11. The van der Waals surface area contributed by atoms with Crippen LogP contribution in [-0.4, -0.2) is 6.61 Å². The second-order valence-corrected chi connectivity index (χ2v) is 4.55. The highest BCUT2D eigenvalue weighted by Crippen LogP contribution is 2.36. The number of rotatable bonds is 4. The number of hydrogen-bond acceptors (Lipinski definition) is 3. The lowest BCUT2D eigenvalue weighted by Crippen LogP contribution is -1.99. The topological polar surface area (TPSA) is 44.5 Å². The number of nitrogen functional groups attached to an aromatic ring is 1. The smallest absolute Gasteiger partial charge is 0.154 e. The molecule has 0 saturated carbocycles. The Morgan fingerprint density at radius 2 is 1.84 bits per heavy atom. The standard InChI is InChI=1S/C15H16ClNO2/c1-3-18-12-5-4-6-13(15(12)17)19-14-9-11(16)8-7-10(14)2/h4-9H,3,17H2,1-2H3. The minimum absolute atomic E-state index is 0.490. The maximum Gasteiger partial charge on any atom is 0.154 e. The van der Waals surface area contributed by atoms with E-state index in [1.807, 2.05) is 38.1 Å². The van der Waals surface area contributed by atoms with Gasteiger partial charge in [-0.15, -0.1) is 0 Å². The van der Waals surface area contributed by atoms with Crippen molar-refractivity contribution in [2.24, 2.45) is 0 Å². The predicted molar refractivity (Wildman–Crippen MR) is 78.3 cm³/mol. The van der Waals surface area contributed by atoms with Crippen LogP contribution in [0.2, 0.25) is 5.02 Å². The Hall–Kier alpha value is -1.87. The van der Waals surface area contributed by atoms with Gasteiger partial charge in [0.05, 0.1) is 6.61 Å². The number of anilines is 1. The number of aryl methyl sites for hydroxylation is 1. The molecule has 0 fully saturated rings. The summed E-state index contributed by atoms with van der Waals surface area (Å²) in [5.41, 5.74) is 7.50. The molecule has 0 radical (unpaired) electrons. The normalized spacial score (nSPS) is 10.3. The second-order valence-electron chi connectivity index (χ2n) is 4.11. The number of para-hydroxylation sites is 1. The average Bonchev–Trinajstić information content (AvgIpc) is 2.39. The summed E-state index contributed by atoms with van der Waals surface area (Å²) in [6, 6.07) is 11.0. The van der Waals surface area contributed by atoms with Gasteiger partial charge in [0.1, 0.15) is 17.2 Å². The van der Waals surface area contributed by atoms with Gasteiger partial charge in [-0.1, -0.05) is 23.7 Å². The van der Waals surface area contributed by atoms with E-state index < -0.39 is 0 Å². The Kier molecular flexibility index (Phi) is 4.17. The summed E-state index contributed by atoms with van der Waals surface area (Å²) in [6.07, 6.45) is 0. The van der Waals surface area contributed by atoms with Crippen LogP contribution in [0.1, 0.15) is 12.5 Å². The summed E-state index contributed by atoms with van der Waals surface area (Å²) in [5.74, 6) is 1.88. The molecule has 0 unspecified atom stereocenters. The Morgan fingerprint density at radius 1 is 1.11 bits per heavy atom. The predicted octanol–water partition coefficient (Wildman–Crippen LogP) is 4.42. The molecule has 0 spiro atoms. The Balaban J connectivity index is 2.33. The first kappa shape index (κ1) is 13.6. The molecule has 0 aliphatic carbocycles. The molecule has 0 aromatic heterocycles. The van der Waals surface area contributed by atoms with E-state index in [0.29, 0.717) is 34.6 Å². The SMILES string of the molecule is CCOc1cccc(Oc2cc(Cl)ccc2C)c1N. The molecule has 0 atom stereocenters. The molecule has 3 nitrogen and oxygen atoms in total. The maximum atomic E-state index is 6.02. The van der Waals surface area contributed by atoms with Gasteiger partial charge in [-0.3, -0.25) is 0 Å². The van der Waals surface area contributed by atoms with Gasteiger partial charge in [0.2, 0.25) is 0 Å². The third-order valence-corrected chi connectivity index (χ3v) is 2.93. The van der Waals surface area contributed by atoms with Crippen LogP contribution in [-0.2, 0) is 0 Å². The van der Waals surface area contributed by atoms with Crippen LogP contribution in [0.5, 0.6) is 17.2 Å². The van der Waals surface area contributed by atoms with E-state index in [9.17, 15) is 0 Å². The van der Waals surface area contributed by atoms with Crippen molar-refractivity contribution in [2.75, 3.05) is 12.3 Å². The van der Waals surface area contributed by atoms with Gasteiger partial charge >= 0.3 is 0 Å². The van der Waals surface area contributed by atoms with Crippen molar-refractivity contribution in [3.8, 4) is 17.2 Å². The van der Waals surface area contributed by atoms with Gasteiger partial charge in [0, 0.05) is 5.02 Å². The summed E-state index contributed by atoms with van der Waals surface area (Å²) in [7, 11) is 0. The molecule has 0 saturated heterocycles. The molecule has 2 aromatic carbocycles. The lowest BCUT2D eigenvalue weighted by molar-refractivity contribution is 0.340. The largest absolute Gasteiger partial charge is 0.492 e. The van der Waals surface area contributed by atoms with Gasteiger partial charge in [-0.05, 0) is 43.7 Å². The molecule has 0 amide bonds. The first-order valence-electron chi connectivity index (χ1n) is 6.07. The molecule has 19 heavy (non-hydrogen) atoms. The van der Waals surface area contributed by atoms with Gasteiger partial charge in [-0.25, -0.2) is 0 Å². The van der Waals surface area contributed by atoms with E-state index in [1.54, 1.807) is 12.1 Å². The van der Waals surface area contributed by atoms with Crippen LogP contribution < -0.4 is 15.2 Å². The van der Waals surface area contributed by atoms with Gasteiger partial charge < -0.3 is 15.2 Å². The number of benzene rings is 2. The van der Waals surface area contributed by atoms with Crippen LogP contribution >= 0.6 is 11.6 Å². The zero-order valence-electron chi connectivity index (χ0n) is 10.9. The monoisotopic (exact) mass is 277 g/mol. The van der Waals surface area contributed by atoms with Gasteiger partial charge in [0.15, 0.2) is 5.75 Å². The number of halogens is 1. The van der Waals surface area contributed by atoms with E-state index in [4.69, 9.17) is 26.8 Å². The van der Waals surface area contributed by atoms with Crippen molar-refractivity contribution in [3.05, 3.63) is 47.0 Å². The maximum absolute atomic E-state index is 6.02. The quantitative estimate of drug-likeness (QED) is 0.841. The molecule has 2 rings (SSSR count). The fraction of sp³-hybridized carbons (Fsp3) is 0.200. The summed E-state index contributed by atoms with van der Waals surface area (Å²) in [5, 5.41) is 0.625. The van der Waals surface area contributed by atoms with E-state index in [2.05, 4.69) is 0 Å². The fourth-order valence-electron chi connectivity index (χ4n) is 1.70.